The molecular formula is C14H17F2NO2. The summed E-state index contributed by atoms with van der Waals surface area (Å²) in [6, 6.07) is 7.34. The third kappa shape index (κ3) is 2.39. The highest BCUT2D eigenvalue weighted by Crippen LogP contribution is 2.42. The van der Waals surface area contributed by atoms with Crippen LogP contribution in [0.2, 0.25) is 0 Å². The smallest absolute Gasteiger partial charge is 0.248 e. The Bertz CT molecular complexity index is 468. The molecule has 0 bridgehead atoms. The third-order valence-corrected chi connectivity index (χ3v) is 4.06. The minimum absolute atomic E-state index is 0.176. The maximum atomic E-state index is 13.2. The first-order chi connectivity index (χ1) is 8.99. The normalized spacial score (nSPS) is 27.8. The van der Waals surface area contributed by atoms with Crippen LogP contribution < -0.4 is 15.2 Å². The van der Waals surface area contributed by atoms with Crippen molar-refractivity contribution in [2.45, 2.75) is 43.2 Å². The molecule has 1 fully saturated rings. The molecule has 0 radical (unpaired) electrons. The van der Waals surface area contributed by atoms with Crippen LogP contribution in [0.15, 0.2) is 24.3 Å². The van der Waals surface area contributed by atoms with Gasteiger partial charge in [0.05, 0.1) is 5.54 Å². The van der Waals surface area contributed by atoms with Crippen molar-refractivity contribution in [1.29, 1.82) is 0 Å². The van der Waals surface area contributed by atoms with E-state index in [0.29, 0.717) is 18.1 Å². The van der Waals surface area contributed by atoms with Gasteiger partial charge in [-0.3, -0.25) is 0 Å². The zero-order valence-corrected chi connectivity index (χ0v) is 10.6. The van der Waals surface area contributed by atoms with Crippen LogP contribution in [0.1, 0.15) is 25.7 Å². The molecule has 1 saturated carbocycles. The average molecular weight is 269 g/mol. The van der Waals surface area contributed by atoms with E-state index in [4.69, 9.17) is 15.2 Å². The van der Waals surface area contributed by atoms with E-state index in [-0.39, 0.29) is 31.8 Å². The van der Waals surface area contributed by atoms with Crippen molar-refractivity contribution >= 4 is 0 Å². The Labute approximate surface area is 110 Å². The molecule has 2 aliphatic rings. The summed E-state index contributed by atoms with van der Waals surface area (Å²) in [7, 11) is 0. The standard InChI is InChI=1S/C14H17F2NO2/c15-14(16)7-5-13(17,6-8-14)12-9-18-10-3-1-2-4-11(10)19-12/h1-4,12H,5-9,17H2. The number of para-hydroxylation sites is 2. The predicted octanol–water partition coefficient (Wildman–Crippen LogP) is 2.73. The molecule has 0 saturated heterocycles. The number of alkyl halides is 2. The minimum atomic E-state index is -2.59. The Morgan fingerprint density at radius 1 is 1.05 bits per heavy atom. The molecule has 1 aliphatic heterocycles. The van der Waals surface area contributed by atoms with Crippen LogP contribution in [0.3, 0.4) is 0 Å². The number of ether oxygens (including phenoxy) is 2. The lowest BCUT2D eigenvalue weighted by Gasteiger charge is -2.43. The Morgan fingerprint density at radius 3 is 2.37 bits per heavy atom. The number of hydrogen-bond acceptors (Lipinski definition) is 3. The first-order valence-corrected chi connectivity index (χ1v) is 6.54. The summed E-state index contributed by atoms with van der Waals surface area (Å²) in [6.45, 7) is 0.319. The molecule has 1 unspecified atom stereocenters. The fraction of sp³-hybridized carbons (Fsp3) is 0.571. The van der Waals surface area contributed by atoms with E-state index >= 15 is 0 Å². The number of hydrogen-bond donors (Lipinski definition) is 1. The van der Waals surface area contributed by atoms with Gasteiger partial charge in [-0.25, -0.2) is 8.78 Å². The maximum Gasteiger partial charge on any atom is 0.248 e. The van der Waals surface area contributed by atoms with Crippen LogP contribution in [0, 0.1) is 0 Å². The highest BCUT2D eigenvalue weighted by molar-refractivity contribution is 5.41. The minimum Gasteiger partial charge on any atom is -0.486 e. The van der Waals surface area contributed by atoms with Crippen molar-refractivity contribution in [3.05, 3.63) is 24.3 Å². The third-order valence-electron chi connectivity index (χ3n) is 4.06. The van der Waals surface area contributed by atoms with E-state index in [2.05, 4.69) is 0 Å². The number of nitrogens with two attached hydrogens (primary N) is 1. The van der Waals surface area contributed by atoms with E-state index in [1.54, 1.807) is 0 Å². The molecule has 19 heavy (non-hydrogen) atoms. The summed E-state index contributed by atoms with van der Waals surface area (Å²) in [5.74, 6) is -1.26. The summed E-state index contributed by atoms with van der Waals surface area (Å²) >= 11 is 0. The summed E-state index contributed by atoms with van der Waals surface area (Å²) in [5.41, 5.74) is 5.55. The molecule has 104 valence electrons. The first kappa shape index (κ1) is 12.7. The van der Waals surface area contributed by atoms with Gasteiger partial charge in [0.1, 0.15) is 6.61 Å². The largest absolute Gasteiger partial charge is 0.486 e. The van der Waals surface area contributed by atoms with Crippen LogP contribution in [-0.2, 0) is 0 Å². The topological polar surface area (TPSA) is 44.5 Å². The van der Waals surface area contributed by atoms with E-state index in [1.807, 2.05) is 24.3 Å². The average Bonchev–Trinajstić information content (AvgIpc) is 2.42. The van der Waals surface area contributed by atoms with Crippen molar-refractivity contribution in [1.82, 2.24) is 0 Å². The van der Waals surface area contributed by atoms with Gasteiger partial charge in [0.25, 0.3) is 0 Å². The molecule has 0 amide bonds. The Balaban J connectivity index is 1.74. The zero-order valence-electron chi connectivity index (χ0n) is 10.6. The number of fused-ring (bicyclic) bond motifs is 1. The lowest BCUT2D eigenvalue weighted by atomic mass is 9.77. The number of halogens is 2. The molecular weight excluding hydrogens is 252 g/mol. The molecule has 5 heteroatoms. The molecule has 1 aromatic rings. The van der Waals surface area contributed by atoms with E-state index in [0.717, 1.165) is 0 Å². The van der Waals surface area contributed by atoms with Crippen LogP contribution in [-0.4, -0.2) is 24.2 Å². The van der Waals surface area contributed by atoms with Gasteiger partial charge in [0.2, 0.25) is 5.92 Å². The van der Waals surface area contributed by atoms with Gasteiger partial charge in [-0.2, -0.15) is 0 Å². The highest BCUT2D eigenvalue weighted by Gasteiger charge is 2.47. The number of benzene rings is 1. The van der Waals surface area contributed by atoms with Crippen LogP contribution in [0.25, 0.3) is 0 Å². The molecule has 1 heterocycles. The van der Waals surface area contributed by atoms with Crippen molar-refractivity contribution in [2.24, 2.45) is 5.73 Å². The van der Waals surface area contributed by atoms with Crippen LogP contribution in [0.5, 0.6) is 11.5 Å². The second kappa shape index (κ2) is 4.34. The molecule has 1 aliphatic carbocycles. The fourth-order valence-electron chi connectivity index (χ4n) is 2.71. The Hall–Kier alpha value is -1.36. The second-order valence-electron chi connectivity index (χ2n) is 5.45. The fourth-order valence-corrected chi connectivity index (χ4v) is 2.71. The molecule has 0 aromatic heterocycles. The molecule has 1 aromatic carbocycles. The van der Waals surface area contributed by atoms with Crippen molar-refractivity contribution in [3.63, 3.8) is 0 Å². The number of rotatable bonds is 1. The first-order valence-electron chi connectivity index (χ1n) is 6.54. The molecule has 2 N–H and O–H groups in total. The molecule has 3 rings (SSSR count). The van der Waals surface area contributed by atoms with E-state index in [9.17, 15) is 8.78 Å². The summed E-state index contributed by atoms with van der Waals surface area (Å²) < 4.78 is 37.9. The molecule has 1 atom stereocenters. The Morgan fingerprint density at radius 2 is 1.68 bits per heavy atom. The lowest BCUT2D eigenvalue weighted by molar-refractivity contribution is -0.0757. The van der Waals surface area contributed by atoms with Crippen molar-refractivity contribution < 1.29 is 18.3 Å². The highest BCUT2D eigenvalue weighted by atomic mass is 19.3. The van der Waals surface area contributed by atoms with Crippen molar-refractivity contribution in [3.8, 4) is 11.5 Å². The Kier molecular flexibility index (Phi) is 2.89. The van der Waals surface area contributed by atoms with Gasteiger partial charge in [-0.15, -0.1) is 0 Å². The van der Waals surface area contributed by atoms with Gasteiger partial charge < -0.3 is 15.2 Å². The van der Waals surface area contributed by atoms with Gasteiger partial charge in [0, 0.05) is 12.8 Å². The molecule has 0 spiro atoms. The van der Waals surface area contributed by atoms with Gasteiger partial charge in [-0.05, 0) is 25.0 Å². The quantitative estimate of drug-likeness (QED) is 0.852. The van der Waals surface area contributed by atoms with Crippen LogP contribution in [0.4, 0.5) is 8.78 Å². The van der Waals surface area contributed by atoms with Gasteiger partial charge in [-0.1, -0.05) is 12.1 Å². The SMILES string of the molecule is NC1(C2COc3ccccc3O2)CCC(F)(F)CC1. The predicted molar refractivity (Wildman–Crippen MR) is 66.7 cm³/mol. The monoisotopic (exact) mass is 269 g/mol. The van der Waals surface area contributed by atoms with Crippen LogP contribution >= 0.6 is 0 Å². The van der Waals surface area contributed by atoms with E-state index < -0.39 is 11.5 Å². The summed E-state index contributed by atoms with van der Waals surface area (Å²) in [5, 5.41) is 0. The molecule has 3 nitrogen and oxygen atoms in total. The summed E-state index contributed by atoms with van der Waals surface area (Å²) in [6.07, 6.45) is -0.193. The summed E-state index contributed by atoms with van der Waals surface area (Å²) in [4.78, 5) is 0. The van der Waals surface area contributed by atoms with Gasteiger partial charge in [0.15, 0.2) is 17.6 Å². The van der Waals surface area contributed by atoms with E-state index in [1.165, 1.54) is 0 Å². The van der Waals surface area contributed by atoms with Gasteiger partial charge >= 0.3 is 0 Å². The second-order valence-corrected chi connectivity index (χ2v) is 5.45. The zero-order chi connectivity index (χ0) is 13.5. The lowest BCUT2D eigenvalue weighted by Crippen LogP contribution is -2.59. The van der Waals surface area contributed by atoms with Crippen molar-refractivity contribution in [2.75, 3.05) is 6.61 Å². The maximum absolute atomic E-state index is 13.2.